The number of benzene rings is 3. The smallest absolute Gasteiger partial charge is 0.307 e. The summed E-state index contributed by atoms with van der Waals surface area (Å²) in [5, 5.41) is 30.1. The lowest BCUT2D eigenvalue weighted by molar-refractivity contribution is -0.136. The molecule has 0 bridgehead atoms. The van der Waals surface area contributed by atoms with Gasteiger partial charge in [0.1, 0.15) is 17.3 Å². The average Bonchev–Trinajstić information content (AvgIpc) is 2.91. The summed E-state index contributed by atoms with van der Waals surface area (Å²) >= 11 is 0. The molecule has 1 aliphatic rings. The molecule has 7 nitrogen and oxygen atoms in total. The normalized spacial score (nSPS) is 13.2. The average molecular weight is 381 g/mol. The minimum atomic E-state index is -1.16. The van der Waals surface area contributed by atoms with E-state index in [4.69, 9.17) is 5.11 Å². The number of carboxylic acid groups (broad SMARTS) is 1. The van der Waals surface area contributed by atoms with Gasteiger partial charge in [0, 0.05) is 10.8 Å². The molecule has 0 aromatic heterocycles. The molecule has 4 rings (SSSR count). The van der Waals surface area contributed by atoms with Gasteiger partial charge in [-0.15, -0.1) is 0 Å². The van der Waals surface area contributed by atoms with Crippen molar-refractivity contribution < 1.29 is 34.1 Å². The Hall–Kier alpha value is -3.94. The number of amides is 2. The zero-order valence-electron chi connectivity index (χ0n) is 14.1. The third-order valence-electron chi connectivity index (χ3n) is 4.60. The Kier molecular flexibility index (Phi) is 3.78. The van der Waals surface area contributed by atoms with Crippen molar-refractivity contribution >= 4 is 34.2 Å². The molecule has 3 aromatic rings. The topological polar surface area (TPSA) is 115 Å². The van der Waals surface area contributed by atoms with E-state index >= 15 is 0 Å². The number of carbonyl (C=O) groups excluding carboxylic acids is 2. The molecular formula is C20H12FNO6. The molecule has 1 aliphatic heterocycles. The molecule has 0 fully saturated rings. The molecule has 0 atom stereocenters. The Morgan fingerprint density at radius 3 is 1.93 bits per heavy atom. The molecule has 0 radical (unpaired) electrons. The van der Waals surface area contributed by atoms with Crippen LogP contribution in [0.2, 0.25) is 0 Å². The third kappa shape index (κ3) is 2.38. The fourth-order valence-electron chi connectivity index (χ4n) is 3.37. The number of carboxylic acids is 1. The molecular weight excluding hydrogens is 369 g/mol. The van der Waals surface area contributed by atoms with Crippen LogP contribution in [0.5, 0.6) is 11.5 Å². The van der Waals surface area contributed by atoms with Gasteiger partial charge in [0.15, 0.2) is 0 Å². The minimum absolute atomic E-state index is 0.154. The number of rotatable bonds is 3. The van der Waals surface area contributed by atoms with Crippen LogP contribution in [0.4, 0.5) is 10.1 Å². The first kappa shape index (κ1) is 17.5. The summed E-state index contributed by atoms with van der Waals surface area (Å²) in [6.07, 6.45) is -0.424. The number of hydrogen-bond donors (Lipinski definition) is 3. The summed E-state index contributed by atoms with van der Waals surface area (Å²) < 4.78 is 14.5. The van der Waals surface area contributed by atoms with Crippen LogP contribution >= 0.6 is 0 Å². The highest BCUT2D eigenvalue weighted by Crippen LogP contribution is 2.45. The summed E-state index contributed by atoms with van der Waals surface area (Å²) in [5.41, 5.74) is -1.06. The molecule has 0 spiro atoms. The lowest BCUT2D eigenvalue weighted by atomic mass is 9.99. The monoisotopic (exact) mass is 381 g/mol. The maximum atomic E-state index is 14.5. The van der Waals surface area contributed by atoms with E-state index in [1.165, 1.54) is 18.2 Å². The van der Waals surface area contributed by atoms with E-state index in [-0.39, 0.29) is 16.3 Å². The van der Waals surface area contributed by atoms with Crippen LogP contribution in [0.25, 0.3) is 10.8 Å². The van der Waals surface area contributed by atoms with Gasteiger partial charge in [-0.2, -0.15) is 0 Å². The lowest BCUT2D eigenvalue weighted by Gasteiger charge is -2.15. The van der Waals surface area contributed by atoms with Gasteiger partial charge in [-0.05, 0) is 17.7 Å². The van der Waals surface area contributed by atoms with Crippen molar-refractivity contribution in [1.82, 2.24) is 0 Å². The maximum Gasteiger partial charge on any atom is 0.307 e. The molecule has 1 heterocycles. The summed E-state index contributed by atoms with van der Waals surface area (Å²) in [7, 11) is 0. The first-order chi connectivity index (χ1) is 13.3. The fourth-order valence-corrected chi connectivity index (χ4v) is 3.37. The number of carbonyl (C=O) groups is 3. The van der Waals surface area contributed by atoms with E-state index in [1.807, 2.05) is 0 Å². The second-order valence-electron chi connectivity index (χ2n) is 6.29. The number of phenols is 2. The fraction of sp³-hybridized carbons (Fsp3) is 0.0500. The Morgan fingerprint density at radius 1 is 0.929 bits per heavy atom. The summed E-state index contributed by atoms with van der Waals surface area (Å²) in [4.78, 5) is 36.9. The number of nitrogens with zero attached hydrogens (tertiary/aromatic N) is 1. The van der Waals surface area contributed by atoms with Gasteiger partial charge in [-0.25, -0.2) is 9.29 Å². The Labute approximate surface area is 156 Å². The summed E-state index contributed by atoms with van der Waals surface area (Å²) in [6.45, 7) is 0. The van der Waals surface area contributed by atoms with E-state index < -0.39 is 58.3 Å². The number of fused-ring (bicyclic) bond motifs is 2. The summed E-state index contributed by atoms with van der Waals surface area (Å²) in [6, 6.07) is 9.46. The second kappa shape index (κ2) is 6.05. The minimum Gasteiger partial charge on any atom is -0.506 e. The largest absolute Gasteiger partial charge is 0.506 e. The van der Waals surface area contributed by atoms with Crippen LogP contribution in [-0.2, 0) is 11.2 Å². The zero-order chi connectivity index (χ0) is 20.2. The highest BCUT2D eigenvalue weighted by Gasteiger charge is 2.43. The Bertz CT molecular complexity index is 1140. The number of imide groups is 1. The molecule has 2 amide bonds. The van der Waals surface area contributed by atoms with Crippen molar-refractivity contribution in [3.63, 3.8) is 0 Å². The van der Waals surface area contributed by atoms with Crippen LogP contribution in [0.1, 0.15) is 26.3 Å². The number of phenolic OH excluding ortho intramolecular Hbond substituents is 2. The zero-order valence-corrected chi connectivity index (χ0v) is 14.1. The number of anilines is 1. The van der Waals surface area contributed by atoms with Crippen molar-refractivity contribution in [2.75, 3.05) is 4.90 Å². The van der Waals surface area contributed by atoms with E-state index in [1.54, 1.807) is 12.1 Å². The first-order valence-electron chi connectivity index (χ1n) is 8.17. The molecule has 28 heavy (non-hydrogen) atoms. The van der Waals surface area contributed by atoms with Crippen LogP contribution in [-0.4, -0.2) is 33.1 Å². The summed E-state index contributed by atoms with van der Waals surface area (Å²) in [5.74, 6) is -5.06. The number of halogens is 1. The van der Waals surface area contributed by atoms with Gasteiger partial charge in [-0.1, -0.05) is 30.3 Å². The van der Waals surface area contributed by atoms with Crippen molar-refractivity contribution in [2.45, 2.75) is 6.42 Å². The number of aliphatic carboxylic acids is 1. The van der Waals surface area contributed by atoms with Gasteiger partial charge in [0.05, 0.1) is 23.2 Å². The highest BCUT2D eigenvalue weighted by molar-refractivity contribution is 6.38. The molecule has 0 aliphatic carbocycles. The van der Waals surface area contributed by atoms with Crippen molar-refractivity contribution in [1.29, 1.82) is 0 Å². The van der Waals surface area contributed by atoms with Gasteiger partial charge in [0.2, 0.25) is 0 Å². The lowest BCUT2D eigenvalue weighted by Crippen LogP contribution is -2.30. The van der Waals surface area contributed by atoms with Crippen LogP contribution in [0.3, 0.4) is 0 Å². The molecule has 0 saturated heterocycles. The molecule has 3 N–H and O–H groups in total. The van der Waals surface area contributed by atoms with E-state index in [0.29, 0.717) is 4.90 Å². The van der Waals surface area contributed by atoms with Crippen molar-refractivity contribution in [3.8, 4) is 11.5 Å². The Balaban J connectivity index is 1.88. The van der Waals surface area contributed by atoms with E-state index in [2.05, 4.69) is 0 Å². The van der Waals surface area contributed by atoms with Gasteiger partial charge >= 0.3 is 5.97 Å². The molecule has 0 unspecified atom stereocenters. The van der Waals surface area contributed by atoms with Crippen LogP contribution in [0.15, 0.2) is 42.5 Å². The SMILES string of the molecule is O=C(O)Cc1ccc(N2C(=O)c3c(c(O)c4ccccc4c3O)C2=O)c(F)c1. The number of aromatic hydroxyl groups is 2. The number of hydrogen-bond acceptors (Lipinski definition) is 5. The molecule has 140 valence electrons. The molecule has 0 saturated carbocycles. The first-order valence-corrected chi connectivity index (χ1v) is 8.17. The van der Waals surface area contributed by atoms with Gasteiger partial charge in [0.25, 0.3) is 11.8 Å². The Morgan fingerprint density at radius 2 is 1.46 bits per heavy atom. The van der Waals surface area contributed by atoms with E-state index in [9.17, 15) is 29.0 Å². The maximum absolute atomic E-state index is 14.5. The third-order valence-corrected chi connectivity index (χ3v) is 4.60. The second-order valence-corrected chi connectivity index (χ2v) is 6.29. The van der Waals surface area contributed by atoms with Crippen molar-refractivity contribution in [2.24, 2.45) is 0 Å². The van der Waals surface area contributed by atoms with Crippen LogP contribution in [0, 0.1) is 5.82 Å². The van der Waals surface area contributed by atoms with Crippen molar-refractivity contribution in [3.05, 3.63) is 65.0 Å². The standard InChI is InChI=1S/C20H12FNO6/c21-12-7-9(8-14(23)24)5-6-13(12)22-19(27)15-16(20(22)28)18(26)11-4-2-1-3-10(11)17(15)25/h1-7,25-26H,8H2,(H,23,24). The van der Waals surface area contributed by atoms with Crippen LogP contribution < -0.4 is 4.90 Å². The van der Waals surface area contributed by atoms with E-state index in [0.717, 1.165) is 12.1 Å². The predicted octanol–water partition coefficient (Wildman–Crippen LogP) is 2.82. The van der Waals surface area contributed by atoms with Gasteiger partial charge < -0.3 is 15.3 Å². The molecule has 3 aromatic carbocycles. The quantitative estimate of drug-likeness (QED) is 0.475. The molecule has 8 heteroatoms. The highest BCUT2D eigenvalue weighted by atomic mass is 19.1. The van der Waals surface area contributed by atoms with Gasteiger partial charge in [-0.3, -0.25) is 14.4 Å². The predicted molar refractivity (Wildman–Crippen MR) is 96.2 cm³/mol.